The van der Waals surface area contributed by atoms with Gasteiger partial charge in [0.2, 0.25) is 0 Å². The van der Waals surface area contributed by atoms with Gasteiger partial charge in [-0.25, -0.2) is 13.4 Å². The van der Waals surface area contributed by atoms with E-state index < -0.39 is 9.84 Å². The molecular formula is C13H16N2O4S. The Bertz CT molecular complexity index is 762. The Morgan fingerprint density at radius 1 is 1.40 bits per heavy atom. The quantitative estimate of drug-likeness (QED) is 0.789. The second kappa shape index (κ2) is 5.24. The Kier molecular flexibility index (Phi) is 3.80. The zero-order chi connectivity index (χ0) is 14.9. The highest BCUT2D eigenvalue weighted by atomic mass is 32.2. The van der Waals surface area contributed by atoms with Crippen LogP contribution < -0.4 is 0 Å². The number of esters is 1. The smallest absolute Gasteiger partial charge is 0.313 e. The van der Waals surface area contributed by atoms with Crippen LogP contribution in [0.4, 0.5) is 0 Å². The molecule has 0 spiro atoms. The molecule has 0 saturated carbocycles. The molecule has 7 heteroatoms. The van der Waals surface area contributed by atoms with Crippen LogP contribution in [0.15, 0.2) is 23.1 Å². The van der Waals surface area contributed by atoms with Crippen LogP contribution in [0, 0.1) is 0 Å². The van der Waals surface area contributed by atoms with E-state index in [2.05, 4.69) is 4.98 Å². The predicted molar refractivity (Wildman–Crippen MR) is 74.2 cm³/mol. The number of ether oxygens (including phenoxy) is 1. The maximum Gasteiger partial charge on any atom is 0.313 e. The molecule has 0 atom stereocenters. The summed E-state index contributed by atoms with van der Waals surface area (Å²) in [5, 5.41) is 0. The second-order valence-electron chi connectivity index (χ2n) is 4.49. The van der Waals surface area contributed by atoms with Gasteiger partial charge >= 0.3 is 5.97 Å². The first-order valence-corrected chi connectivity index (χ1v) is 8.03. The highest BCUT2D eigenvalue weighted by Crippen LogP contribution is 2.20. The van der Waals surface area contributed by atoms with Crippen molar-refractivity contribution in [3.63, 3.8) is 0 Å². The van der Waals surface area contributed by atoms with E-state index in [-0.39, 0.29) is 17.3 Å². The number of aryl methyl sites for hydroxylation is 1. The van der Waals surface area contributed by atoms with E-state index in [1.54, 1.807) is 24.6 Å². The van der Waals surface area contributed by atoms with Crippen LogP contribution in [-0.4, -0.2) is 36.8 Å². The van der Waals surface area contributed by atoms with E-state index in [0.29, 0.717) is 17.9 Å². The lowest BCUT2D eigenvalue weighted by molar-refractivity contribution is -0.142. The van der Waals surface area contributed by atoms with Crippen molar-refractivity contribution in [3.05, 3.63) is 24.0 Å². The fourth-order valence-electron chi connectivity index (χ4n) is 1.96. The molecule has 2 rings (SSSR count). The number of aromatic nitrogens is 2. The first-order valence-electron chi connectivity index (χ1n) is 6.14. The topological polar surface area (TPSA) is 78.3 Å². The van der Waals surface area contributed by atoms with Crippen molar-refractivity contribution in [1.82, 2.24) is 9.55 Å². The summed E-state index contributed by atoms with van der Waals surface area (Å²) in [5.41, 5.74) is 1.33. The van der Waals surface area contributed by atoms with Crippen LogP contribution in [0.25, 0.3) is 11.0 Å². The van der Waals surface area contributed by atoms with Gasteiger partial charge in [-0.05, 0) is 25.1 Å². The monoisotopic (exact) mass is 296 g/mol. The Hall–Kier alpha value is -1.89. The maximum absolute atomic E-state index is 11.5. The number of nitrogens with zero attached hydrogens (tertiary/aromatic N) is 2. The Balaban J connectivity index is 2.44. The number of imidazole rings is 1. The molecule has 6 nitrogen and oxygen atoms in total. The summed E-state index contributed by atoms with van der Waals surface area (Å²) in [7, 11) is -1.49. The minimum absolute atomic E-state index is 0.0627. The molecule has 0 radical (unpaired) electrons. The molecule has 0 unspecified atom stereocenters. The van der Waals surface area contributed by atoms with Crippen LogP contribution in [0.3, 0.4) is 0 Å². The van der Waals surface area contributed by atoms with Gasteiger partial charge < -0.3 is 9.30 Å². The summed E-state index contributed by atoms with van der Waals surface area (Å²) in [6.07, 6.45) is 1.21. The number of fused-ring (bicyclic) bond motifs is 1. The predicted octanol–water partition coefficient (Wildman–Crippen LogP) is 1.08. The number of rotatable bonds is 4. The fourth-order valence-corrected chi connectivity index (χ4v) is 2.60. The molecule has 1 aromatic carbocycles. The summed E-state index contributed by atoms with van der Waals surface area (Å²) in [5.74, 6) is 0.193. The largest absolute Gasteiger partial charge is 0.466 e. The zero-order valence-corrected chi connectivity index (χ0v) is 12.4. The third-order valence-electron chi connectivity index (χ3n) is 2.98. The van der Waals surface area contributed by atoms with Gasteiger partial charge in [-0.1, -0.05) is 0 Å². The average molecular weight is 296 g/mol. The molecule has 0 fully saturated rings. The summed E-state index contributed by atoms with van der Waals surface area (Å²) in [6, 6.07) is 4.74. The lowest BCUT2D eigenvalue weighted by Gasteiger charge is -2.02. The van der Waals surface area contributed by atoms with Crippen molar-refractivity contribution in [2.75, 3.05) is 12.9 Å². The highest BCUT2D eigenvalue weighted by molar-refractivity contribution is 7.90. The number of benzene rings is 1. The van der Waals surface area contributed by atoms with E-state index >= 15 is 0 Å². The summed E-state index contributed by atoms with van der Waals surface area (Å²) in [6.45, 7) is 2.06. The Labute approximate surface area is 117 Å². The average Bonchev–Trinajstić information content (AvgIpc) is 2.65. The van der Waals surface area contributed by atoms with E-state index in [9.17, 15) is 13.2 Å². The fraction of sp³-hybridized carbons (Fsp3) is 0.385. The molecule has 0 aliphatic heterocycles. The minimum atomic E-state index is -3.27. The van der Waals surface area contributed by atoms with Crippen molar-refractivity contribution < 1.29 is 17.9 Å². The Morgan fingerprint density at radius 2 is 2.10 bits per heavy atom. The number of sulfone groups is 1. The van der Waals surface area contributed by atoms with Crippen LogP contribution in [0.5, 0.6) is 0 Å². The molecule has 0 aliphatic rings. The van der Waals surface area contributed by atoms with Crippen molar-refractivity contribution in [2.24, 2.45) is 7.05 Å². The van der Waals surface area contributed by atoms with Gasteiger partial charge in [0.05, 0.1) is 22.5 Å². The van der Waals surface area contributed by atoms with Crippen LogP contribution in [0.2, 0.25) is 0 Å². The molecule has 0 bridgehead atoms. The van der Waals surface area contributed by atoms with Gasteiger partial charge in [0.1, 0.15) is 12.2 Å². The molecule has 2 aromatic rings. The third-order valence-corrected chi connectivity index (χ3v) is 4.09. The molecular weight excluding hydrogens is 280 g/mol. The zero-order valence-electron chi connectivity index (χ0n) is 11.6. The number of carbonyl (C=O) groups excluding carboxylic acids is 1. The lowest BCUT2D eigenvalue weighted by atomic mass is 10.3. The van der Waals surface area contributed by atoms with Gasteiger partial charge in [-0.15, -0.1) is 0 Å². The van der Waals surface area contributed by atoms with Gasteiger partial charge in [0.15, 0.2) is 9.84 Å². The summed E-state index contributed by atoms with van der Waals surface area (Å²) in [4.78, 5) is 16.0. The number of hydrogen-bond acceptors (Lipinski definition) is 5. The van der Waals surface area contributed by atoms with Crippen LogP contribution in [0.1, 0.15) is 12.7 Å². The van der Waals surface area contributed by atoms with Gasteiger partial charge in [-0.2, -0.15) is 0 Å². The lowest BCUT2D eigenvalue weighted by Crippen LogP contribution is -2.11. The molecule has 0 saturated heterocycles. The maximum atomic E-state index is 11.5. The van der Waals surface area contributed by atoms with Crippen LogP contribution >= 0.6 is 0 Å². The number of carbonyl (C=O) groups is 1. The highest BCUT2D eigenvalue weighted by Gasteiger charge is 2.15. The number of hydrogen-bond donors (Lipinski definition) is 0. The van der Waals surface area contributed by atoms with Gasteiger partial charge in [-0.3, -0.25) is 4.79 Å². The normalized spacial score (nSPS) is 11.8. The molecule has 0 N–H and O–H groups in total. The third kappa shape index (κ3) is 2.82. The van der Waals surface area contributed by atoms with E-state index in [4.69, 9.17) is 4.74 Å². The second-order valence-corrected chi connectivity index (χ2v) is 6.51. The first kappa shape index (κ1) is 14.5. The van der Waals surface area contributed by atoms with E-state index in [1.807, 2.05) is 0 Å². The Morgan fingerprint density at radius 3 is 2.70 bits per heavy atom. The van der Waals surface area contributed by atoms with Crippen molar-refractivity contribution in [3.8, 4) is 0 Å². The summed E-state index contributed by atoms with van der Waals surface area (Å²) >= 11 is 0. The first-order chi connectivity index (χ1) is 9.32. The van der Waals surface area contributed by atoms with Crippen LogP contribution in [-0.2, 0) is 32.8 Å². The molecule has 20 heavy (non-hydrogen) atoms. The molecule has 108 valence electrons. The van der Waals surface area contributed by atoms with E-state index in [1.165, 1.54) is 12.1 Å². The molecule has 0 aliphatic carbocycles. The molecule has 1 heterocycles. The molecule has 0 amide bonds. The van der Waals surface area contributed by atoms with Gasteiger partial charge in [0, 0.05) is 13.3 Å². The summed E-state index contributed by atoms with van der Waals surface area (Å²) < 4.78 is 29.7. The minimum Gasteiger partial charge on any atom is -0.466 e. The SMILES string of the molecule is CCOC(=O)Cc1nc2cc(S(C)(=O)=O)ccc2n1C. The van der Waals surface area contributed by atoms with Gasteiger partial charge in [0.25, 0.3) is 0 Å². The standard InChI is InChI=1S/C13H16N2O4S/c1-4-19-13(16)8-12-14-10-7-9(20(3,17)18)5-6-11(10)15(12)2/h5-7H,4,8H2,1-3H3. The van der Waals surface area contributed by atoms with Crippen molar-refractivity contribution in [2.45, 2.75) is 18.2 Å². The van der Waals surface area contributed by atoms with Crippen molar-refractivity contribution in [1.29, 1.82) is 0 Å². The van der Waals surface area contributed by atoms with E-state index in [0.717, 1.165) is 11.8 Å². The molecule has 1 aromatic heterocycles. The van der Waals surface area contributed by atoms with Crippen molar-refractivity contribution >= 4 is 26.8 Å².